The first-order valence-corrected chi connectivity index (χ1v) is 6.35. The van der Waals surface area contributed by atoms with Crippen molar-refractivity contribution in [3.63, 3.8) is 0 Å². The standard InChI is InChI=1S/C17H15NO/c1-11-7-8-12(2)13(9-11)10-15-14-5-3-4-6-16(14)18-17(15)19/h3-10H,1-2H3,(H,18,19). The van der Waals surface area contributed by atoms with Gasteiger partial charge in [-0.3, -0.25) is 4.79 Å². The van der Waals surface area contributed by atoms with Crippen molar-refractivity contribution < 1.29 is 4.79 Å². The Balaban J connectivity index is 2.14. The molecule has 0 fully saturated rings. The minimum atomic E-state index is -0.0258. The number of benzene rings is 2. The molecule has 2 aromatic rings. The number of aryl methyl sites for hydroxylation is 2. The number of nitrogens with one attached hydrogen (secondary N) is 1. The first-order valence-electron chi connectivity index (χ1n) is 6.35. The number of anilines is 1. The maximum Gasteiger partial charge on any atom is 0.256 e. The van der Waals surface area contributed by atoms with Crippen LogP contribution in [-0.2, 0) is 4.79 Å². The van der Waals surface area contributed by atoms with Crippen molar-refractivity contribution in [2.45, 2.75) is 13.8 Å². The Hall–Kier alpha value is -2.35. The normalized spacial score (nSPS) is 15.5. The second-order valence-corrected chi connectivity index (χ2v) is 4.92. The molecule has 0 saturated carbocycles. The zero-order valence-corrected chi connectivity index (χ0v) is 11.0. The minimum Gasteiger partial charge on any atom is -0.321 e. The van der Waals surface area contributed by atoms with Crippen molar-refractivity contribution >= 4 is 23.2 Å². The quantitative estimate of drug-likeness (QED) is 0.765. The highest BCUT2D eigenvalue weighted by molar-refractivity contribution is 6.34. The van der Waals surface area contributed by atoms with Crippen LogP contribution < -0.4 is 5.32 Å². The van der Waals surface area contributed by atoms with E-state index in [0.29, 0.717) is 0 Å². The number of hydrogen-bond donors (Lipinski definition) is 1. The Kier molecular flexibility index (Phi) is 2.71. The van der Waals surface area contributed by atoms with Crippen LogP contribution >= 0.6 is 0 Å². The van der Waals surface area contributed by atoms with E-state index in [0.717, 1.165) is 22.4 Å². The largest absolute Gasteiger partial charge is 0.321 e. The molecule has 3 rings (SSSR count). The lowest BCUT2D eigenvalue weighted by Gasteiger charge is -2.03. The fourth-order valence-electron chi connectivity index (χ4n) is 2.35. The molecule has 0 unspecified atom stereocenters. The molecule has 1 amide bonds. The molecule has 2 heteroatoms. The molecular weight excluding hydrogens is 234 g/mol. The highest BCUT2D eigenvalue weighted by atomic mass is 16.2. The molecular formula is C17H15NO. The van der Waals surface area contributed by atoms with E-state index < -0.39 is 0 Å². The predicted molar refractivity (Wildman–Crippen MR) is 78.9 cm³/mol. The summed E-state index contributed by atoms with van der Waals surface area (Å²) in [6, 6.07) is 14.1. The van der Waals surface area contributed by atoms with Gasteiger partial charge in [-0.15, -0.1) is 0 Å². The van der Waals surface area contributed by atoms with Crippen molar-refractivity contribution in [1.29, 1.82) is 0 Å². The maximum absolute atomic E-state index is 12.1. The third-order valence-electron chi connectivity index (χ3n) is 3.44. The number of carbonyl (C=O) groups is 1. The Morgan fingerprint density at radius 2 is 1.84 bits per heavy atom. The second kappa shape index (κ2) is 4.39. The average molecular weight is 249 g/mol. The number of rotatable bonds is 1. The predicted octanol–water partition coefficient (Wildman–Crippen LogP) is 3.80. The lowest BCUT2D eigenvalue weighted by Crippen LogP contribution is -2.03. The molecule has 0 bridgehead atoms. The summed E-state index contributed by atoms with van der Waals surface area (Å²) < 4.78 is 0. The molecule has 0 saturated heterocycles. The van der Waals surface area contributed by atoms with Gasteiger partial charge < -0.3 is 5.32 Å². The molecule has 0 atom stereocenters. The summed E-state index contributed by atoms with van der Waals surface area (Å²) in [7, 11) is 0. The molecule has 94 valence electrons. The van der Waals surface area contributed by atoms with Crippen LogP contribution in [0.2, 0.25) is 0 Å². The van der Waals surface area contributed by atoms with Crippen LogP contribution in [0.15, 0.2) is 42.5 Å². The zero-order valence-electron chi connectivity index (χ0n) is 11.0. The Labute approximate surface area is 112 Å². The van der Waals surface area contributed by atoms with Crippen LogP contribution in [0.4, 0.5) is 5.69 Å². The average Bonchev–Trinajstić information content (AvgIpc) is 2.71. The Bertz CT molecular complexity index is 698. The summed E-state index contributed by atoms with van der Waals surface area (Å²) in [5.41, 5.74) is 6.09. The van der Waals surface area contributed by atoms with E-state index in [9.17, 15) is 4.79 Å². The first-order chi connectivity index (χ1) is 9.15. The topological polar surface area (TPSA) is 29.1 Å². The number of amides is 1. The van der Waals surface area contributed by atoms with Crippen LogP contribution in [0.5, 0.6) is 0 Å². The highest BCUT2D eigenvalue weighted by Gasteiger charge is 2.23. The van der Waals surface area contributed by atoms with Crippen molar-refractivity contribution in [1.82, 2.24) is 0 Å². The molecule has 2 nitrogen and oxygen atoms in total. The summed E-state index contributed by atoms with van der Waals surface area (Å²) in [5, 5.41) is 2.89. The van der Waals surface area contributed by atoms with Gasteiger partial charge in [0.15, 0.2) is 0 Å². The van der Waals surface area contributed by atoms with E-state index in [-0.39, 0.29) is 5.91 Å². The van der Waals surface area contributed by atoms with Gasteiger partial charge in [-0.25, -0.2) is 0 Å². The summed E-state index contributed by atoms with van der Waals surface area (Å²) in [5.74, 6) is -0.0258. The van der Waals surface area contributed by atoms with E-state index in [1.807, 2.05) is 30.3 Å². The monoisotopic (exact) mass is 249 g/mol. The van der Waals surface area contributed by atoms with E-state index in [1.165, 1.54) is 11.1 Å². The summed E-state index contributed by atoms with van der Waals surface area (Å²) >= 11 is 0. The molecule has 1 aliphatic rings. The third kappa shape index (κ3) is 2.06. The lowest BCUT2D eigenvalue weighted by molar-refractivity contribution is -0.110. The van der Waals surface area contributed by atoms with Gasteiger partial charge in [0.25, 0.3) is 5.91 Å². The zero-order chi connectivity index (χ0) is 13.4. The minimum absolute atomic E-state index is 0.0258. The fraction of sp³-hybridized carbons (Fsp3) is 0.118. The second-order valence-electron chi connectivity index (χ2n) is 4.92. The first kappa shape index (κ1) is 11.7. The lowest BCUT2D eigenvalue weighted by atomic mass is 10.00. The summed E-state index contributed by atoms with van der Waals surface area (Å²) in [6.45, 7) is 4.12. The number of carbonyl (C=O) groups excluding carboxylic acids is 1. The van der Waals surface area contributed by atoms with Crippen molar-refractivity contribution in [3.05, 3.63) is 64.7 Å². The highest BCUT2D eigenvalue weighted by Crippen LogP contribution is 2.33. The van der Waals surface area contributed by atoms with Gasteiger partial charge in [-0.1, -0.05) is 42.0 Å². The van der Waals surface area contributed by atoms with E-state index >= 15 is 0 Å². The number of hydrogen-bond acceptors (Lipinski definition) is 1. The van der Waals surface area contributed by atoms with Crippen LogP contribution in [0.25, 0.3) is 11.6 Å². The number of para-hydroxylation sites is 1. The van der Waals surface area contributed by atoms with Crippen molar-refractivity contribution in [3.8, 4) is 0 Å². The van der Waals surface area contributed by atoms with Crippen LogP contribution in [0.1, 0.15) is 22.3 Å². The molecule has 19 heavy (non-hydrogen) atoms. The van der Waals surface area contributed by atoms with Gasteiger partial charge in [0, 0.05) is 16.8 Å². The van der Waals surface area contributed by atoms with Gasteiger partial charge in [-0.05, 0) is 37.1 Å². The third-order valence-corrected chi connectivity index (χ3v) is 3.44. The molecule has 2 aromatic carbocycles. The molecule has 0 aromatic heterocycles. The summed E-state index contributed by atoms with van der Waals surface area (Å²) in [4.78, 5) is 12.1. The smallest absolute Gasteiger partial charge is 0.256 e. The van der Waals surface area contributed by atoms with Crippen LogP contribution in [-0.4, -0.2) is 5.91 Å². The SMILES string of the molecule is Cc1ccc(C)c(C=C2C(=O)Nc3ccccc32)c1. The van der Waals surface area contributed by atoms with Gasteiger partial charge in [-0.2, -0.15) is 0 Å². The van der Waals surface area contributed by atoms with E-state index in [1.54, 1.807) is 0 Å². The molecule has 0 aliphatic carbocycles. The molecule has 1 aliphatic heterocycles. The molecule has 1 heterocycles. The van der Waals surface area contributed by atoms with E-state index in [2.05, 4.69) is 37.4 Å². The van der Waals surface area contributed by atoms with Crippen LogP contribution in [0, 0.1) is 13.8 Å². The molecule has 0 radical (unpaired) electrons. The van der Waals surface area contributed by atoms with Crippen molar-refractivity contribution in [2.75, 3.05) is 5.32 Å². The van der Waals surface area contributed by atoms with Crippen LogP contribution in [0.3, 0.4) is 0 Å². The fourth-order valence-corrected chi connectivity index (χ4v) is 2.35. The summed E-state index contributed by atoms with van der Waals surface area (Å²) in [6.07, 6.45) is 1.98. The van der Waals surface area contributed by atoms with Gasteiger partial charge in [0.2, 0.25) is 0 Å². The maximum atomic E-state index is 12.1. The van der Waals surface area contributed by atoms with Crippen molar-refractivity contribution in [2.24, 2.45) is 0 Å². The Morgan fingerprint density at radius 3 is 2.68 bits per heavy atom. The van der Waals surface area contributed by atoms with Gasteiger partial charge in [0.05, 0.1) is 0 Å². The molecule has 1 N–H and O–H groups in total. The number of fused-ring (bicyclic) bond motifs is 1. The van der Waals surface area contributed by atoms with E-state index in [4.69, 9.17) is 0 Å². The molecule has 0 spiro atoms. The Morgan fingerprint density at radius 1 is 1.05 bits per heavy atom. The van der Waals surface area contributed by atoms with Gasteiger partial charge >= 0.3 is 0 Å². The van der Waals surface area contributed by atoms with Gasteiger partial charge in [0.1, 0.15) is 0 Å².